The largest absolute Gasteiger partial charge is 0.364 e. The van der Waals surface area contributed by atoms with Crippen LogP contribution in [0.2, 0.25) is 0 Å². The second kappa shape index (κ2) is 5.35. The molecule has 0 bridgehead atoms. The van der Waals surface area contributed by atoms with Gasteiger partial charge in [-0.05, 0) is 32.3 Å². The maximum absolute atomic E-state index is 10.8. The molecule has 1 fully saturated rings. The van der Waals surface area contributed by atoms with Gasteiger partial charge in [0.1, 0.15) is 0 Å². The smallest absolute Gasteiger partial charge is 0.271 e. The van der Waals surface area contributed by atoms with Gasteiger partial charge in [0.25, 0.3) is 5.69 Å². The number of nitro groups is 1. The summed E-state index contributed by atoms with van der Waals surface area (Å²) in [6.45, 7) is 2.74. The maximum Gasteiger partial charge on any atom is 0.271 e. The highest BCUT2D eigenvalue weighted by Gasteiger charge is 2.27. The van der Waals surface area contributed by atoms with Crippen LogP contribution in [-0.2, 0) is 0 Å². The predicted octanol–water partition coefficient (Wildman–Crippen LogP) is 2.30. The summed E-state index contributed by atoms with van der Waals surface area (Å²) in [6, 6.07) is 7.50. The maximum atomic E-state index is 10.8. The lowest BCUT2D eigenvalue weighted by Gasteiger charge is -2.42. The second-order valence-electron chi connectivity index (χ2n) is 4.85. The van der Waals surface area contributed by atoms with Crippen molar-refractivity contribution >= 4 is 11.4 Å². The molecule has 1 saturated heterocycles. The van der Waals surface area contributed by atoms with E-state index in [4.69, 9.17) is 5.73 Å². The molecule has 1 heterocycles. The van der Waals surface area contributed by atoms with Crippen LogP contribution in [0.5, 0.6) is 0 Å². The molecule has 98 valence electrons. The number of non-ortho nitro benzene ring substituents is 1. The van der Waals surface area contributed by atoms with Crippen LogP contribution in [-0.4, -0.2) is 23.6 Å². The van der Waals surface area contributed by atoms with Crippen molar-refractivity contribution in [3.8, 4) is 0 Å². The molecule has 0 spiro atoms. The summed E-state index contributed by atoms with van der Waals surface area (Å²) in [5.41, 5.74) is 6.86. The summed E-state index contributed by atoms with van der Waals surface area (Å²) < 4.78 is 0. The fraction of sp³-hybridized carbons (Fsp3) is 0.538. The Morgan fingerprint density at radius 3 is 2.94 bits per heavy atom. The molecule has 0 amide bonds. The van der Waals surface area contributed by atoms with E-state index in [1.807, 2.05) is 6.07 Å². The monoisotopic (exact) mass is 249 g/mol. The molecule has 0 saturated carbocycles. The Kier molecular flexibility index (Phi) is 3.81. The first-order valence-corrected chi connectivity index (χ1v) is 6.36. The van der Waals surface area contributed by atoms with Crippen LogP contribution in [0.25, 0.3) is 0 Å². The zero-order valence-corrected chi connectivity index (χ0v) is 10.6. The van der Waals surface area contributed by atoms with Gasteiger partial charge in [-0.25, -0.2) is 0 Å². The number of piperidine rings is 1. The number of nitrogens with zero attached hydrogens (tertiary/aromatic N) is 2. The third-order valence-corrected chi connectivity index (χ3v) is 3.64. The Hall–Kier alpha value is -1.62. The van der Waals surface area contributed by atoms with Crippen LogP contribution in [0, 0.1) is 10.1 Å². The van der Waals surface area contributed by atoms with Gasteiger partial charge in [-0.15, -0.1) is 0 Å². The van der Waals surface area contributed by atoms with Gasteiger partial charge in [0.15, 0.2) is 0 Å². The molecule has 0 aliphatic carbocycles. The van der Waals surface area contributed by atoms with Gasteiger partial charge in [0, 0.05) is 36.4 Å². The van der Waals surface area contributed by atoms with Gasteiger partial charge in [0.2, 0.25) is 0 Å². The Bertz CT molecular complexity index is 436. The summed E-state index contributed by atoms with van der Waals surface area (Å²) in [5.74, 6) is 0. The highest BCUT2D eigenvalue weighted by Crippen LogP contribution is 2.30. The van der Waals surface area contributed by atoms with Crippen molar-refractivity contribution in [1.29, 1.82) is 0 Å². The first-order chi connectivity index (χ1) is 8.63. The van der Waals surface area contributed by atoms with Crippen molar-refractivity contribution in [2.24, 2.45) is 5.73 Å². The molecular weight excluding hydrogens is 230 g/mol. The number of nitrogens with two attached hydrogens (primary N) is 1. The molecule has 1 aromatic carbocycles. The summed E-state index contributed by atoms with van der Waals surface area (Å²) in [5, 5.41) is 10.8. The molecule has 18 heavy (non-hydrogen) atoms. The standard InChI is InChI=1S/C13H19N3O2/c1-10-4-2-7-13(9-14)15(10)11-5-3-6-12(8-11)16(17)18/h3,5-6,8,10,13H,2,4,7,9,14H2,1H3. The van der Waals surface area contributed by atoms with Gasteiger partial charge in [-0.3, -0.25) is 10.1 Å². The van der Waals surface area contributed by atoms with Crippen molar-refractivity contribution in [2.75, 3.05) is 11.4 Å². The molecule has 2 N–H and O–H groups in total. The number of rotatable bonds is 3. The molecule has 0 radical (unpaired) electrons. The lowest BCUT2D eigenvalue weighted by molar-refractivity contribution is -0.384. The van der Waals surface area contributed by atoms with Gasteiger partial charge in [-0.2, -0.15) is 0 Å². The number of nitro benzene ring substituents is 1. The Morgan fingerprint density at radius 1 is 1.50 bits per heavy atom. The predicted molar refractivity (Wildman–Crippen MR) is 71.7 cm³/mol. The number of benzene rings is 1. The Labute approximate surface area is 107 Å². The summed E-state index contributed by atoms with van der Waals surface area (Å²) in [6.07, 6.45) is 3.34. The average Bonchev–Trinajstić information content (AvgIpc) is 2.38. The van der Waals surface area contributed by atoms with Gasteiger partial charge in [0.05, 0.1) is 4.92 Å². The molecule has 2 atom stereocenters. The molecule has 5 heteroatoms. The molecule has 0 aromatic heterocycles. The summed E-state index contributed by atoms with van der Waals surface area (Å²) >= 11 is 0. The fourth-order valence-corrected chi connectivity index (χ4v) is 2.75. The third-order valence-electron chi connectivity index (χ3n) is 3.64. The third kappa shape index (κ3) is 2.46. The van der Waals surface area contributed by atoms with E-state index >= 15 is 0 Å². The molecule has 5 nitrogen and oxygen atoms in total. The first-order valence-electron chi connectivity index (χ1n) is 6.36. The minimum absolute atomic E-state index is 0.140. The summed E-state index contributed by atoms with van der Waals surface area (Å²) in [7, 11) is 0. The van der Waals surface area contributed by atoms with Crippen molar-refractivity contribution in [3.63, 3.8) is 0 Å². The minimum Gasteiger partial charge on any atom is -0.364 e. The van der Waals surface area contributed by atoms with Crippen molar-refractivity contribution in [2.45, 2.75) is 38.3 Å². The van der Waals surface area contributed by atoms with Crippen LogP contribution in [0.15, 0.2) is 24.3 Å². The van der Waals surface area contributed by atoms with Crippen LogP contribution in [0.3, 0.4) is 0 Å². The number of hydrogen-bond acceptors (Lipinski definition) is 4. The average molecular weight is 249 g/mol. The van der Waals surface area contributed by atoms with Gasteiger partial charge in [-0.1, -0.05) is 6.07 Å². The van der Waals surface area contributed by atoms with E-state index in [0.29, 0.717) is 12.6 Å². The lowest BCUT2D eigenvalue weighted by atomic mass is 9.95. The second-order valence-corrected chi connectivity index (χ2v) is 4.85. The topological polar surface area (TPSA) is 72.4 Å². The number of hydrogen-bond donors (Lipinski definition) is 1. The molecule has 2 unspecified atom stereocenters. The van der Waals surface area contributed by atoms with E-state index in [2.05, 4.69) is 11.8 Å². The van der Waals surface area contributed by atoms with E-state index in [1.54, 1.807) is 12.1 Å². The zero-order chi connectivity index (χ0) is 13.1. The lowest BCUT2D eigenvalue weighted by Crippen LogP contribution is -2.49. The van der Waals surface area contributed by atoms with Crippen LogP contribution >= 0.6 is 0 Å². The SMILES string of the molecule is CC1CCCC(CN)N1c1cccc([N+](=O)[O-])c1. The van der Waals surface area contributed by atoms with E-state index < -0.39 is 0 Å². The molecule has 1 aromatic rings. The normalized spacial score (nSPS) is 24.0. The highest BCUT2D eigenvalue weighted by atomic mass is 16.6. The minimum atomic E-state index is -0.352. The first kappa shape index (κ1) is 12.8. The summed E-state index contributed by atoms with van der Waals surface area (Å²) in [4.78, 5) is 12.7. The Balaban J connectivity index is 2.32. The number of anilines is 1. The van der Waals surface area contributed by atoms with E-state index in [-0.39, 0.29) is 16.7 Å². The fourth-order valence-electron chi connectivity index (χ4n) is 2.75. The van der Waals surface area contributed by atoms with Crippen molar-refractivity contribution in [3.05, 3.63) is 34.4 Å². The molecule has 1 aliphatic rings. The van der Waals surface area contributed by atoms with Crippen molar-refractivity contribution in [1.82, 2.24) is 0 Å². The highest BCUT2D eigenvalue weighted by molar-refractivity contribution is 5.55. The van der Waals surface area contributed by atoms with Gasteiger partial charge >= 0.3 is 0 Å². The van der Waals surface area contributed by atoms with E-state index in [0.717, 1.165) is 18.5 Å². The van der Waals surface area contributed by atoms with E-state index in [9.17, 15) is 10.1 Å². The van der Waals surface area contributed by atoms with E-state index in [1.165, 1.54) is 12.5 Å². The van der Waals surface area contributed by atoms with Crippen LogP contribution in [0.1, 0.15) is 26.2 Å². The Morgan fingerprint density at radius 2 is 2.28 bits per heavy atom. The van der Waals surface area contributed by atoms with Gasteiger partial charge < -0.3 is 10.6 Å². The van der Waals surface area contributed by atoms with Crippen molar-refractivity contribution < 1.29 is 4.92 Å². The molecular formula is C13H19N3O2. The molecule has 2 rings (SSSR count). The molecule has 1 aliphatic heterocycles. The van der Waals surface area contributed by atoms with Crippen LogP contribution in [0.4, 0.5) is 11.4 Å². The zero-order valence-electron chi connectivity index (χ0n) is 10.6. The van der Waals surface area contributed by atoms with Crippen LogP contribution < -0.4 is 10.6 Å². The quantitative estimate of drug-likeness (QED) is 0.659.